The number of rotatable bonds is 10. The predicted octanol–water partition coefficient (Wildman–Crippen LogP) is 3.25. The number of ether oxygens (including phenoxy) is 3. The summed E-state index contributed by atoms with van der Waals surface area (Å²) in [6, 6.07) is 15.2. The minimum atomic E-state index is -0.908. The maximum atomic E-state index is 12.1. The van der Waals surface area contributed by atoms with Crippen LogP contribution in [0.2, 0.25) is 0 Å². The van der Waals surface area contributed by atoms with E-state index < -0.39 is 12.3 Å². The summed E-state index contributed by atoms with van der Waals surface area (Å²) in [6.45, 7) is 3.99. The van der Waals surface area contributed by atoms with E-state index in [1.54, 1.807) is 12.1 Å². The zero-order valence-corrected chi connectivity index (χ0v) is 20.3. The lowest BCUT2D eigenvalue weighted by molar-refractivity contribution is -0.253. The molecule has 9 heteroatoms. The minimum Gasteiger partial charge on any atom is -0.481 e. The lowest BCUT2D eigenvalue weighted by Crippen LogP contribution is -2.44. The zero-order valence-electron chi connectivity index (χ0n) is 20.3. The van der Waals surface area contributed by atoms with Crippen molar-refractivity contribution < 1.29 is 34.0 Å². The van der Waals surface area contributed by atoms with Gasteiger partial charge in [0.05, 0.1) is 32.0 Å². The SMILES string of the molecule is O=C(O)CCCC(=O)Nc1ccc(C2OC(CN3CCOCC3)CC(c3ccc(CO)cc3)O2)cc1. The highest BCUT2D eigenvalue weighted by atomic mass is 16.7. The number of nitrogens with one attached hydrogen (secondary N) is 1. The summed E-state index contributed by atoms with van der Waals surface area (Å²) in [5.74, 6) is -1.12. The van der Waals surface area contributed by atoms with Gasteiger partial charge in [0, 0.05) is 50.1 Å². The first kappa shape index (κ1) is 26.2. The van der Waals surface area contributed by atoms with Gasteiger partial charge in [-0.1, -0.05) is 36.4 Å². The molecule has 3 N–H and O–H groups in total. The van der Waals surface area contributed by atoms with Gasteiger partial charge in [-0.3, -0.25) is 14.5 Å². The summed E-state index contributed by atoms with van der Waals surface area (Å²) in [6.07, 6.45) is 0.397. The number of hydrogen-bond acceptors (Lipinski definition) is 7. The Morgan fingerprint density at radius 1 is 0.944 bits per heavy atom. The number of carbonyl (C=O) groups is 2. The molecule has 2 heterocycles. The van der Waals surface area contributed by atoms with E-state index in [4.69, 9.17) is 19.3 Å². The standard InChI is InChI=1S/C27H34N2O7/c30-18-19-4-6-20(7-5-19)24-16-23(17-29-12-14-34-15-13-29)35-27(36-24)21-8-10-22(11-9-21)28-25(31)2-1-3-26(32)33/h4-11,23-24,27,30H,1-3,12-18H2,(H,28,31)(H,32,33). The van der Waals surface area contributed by atoms with Crippen molar-refractivity contribution in [3.05, 3.63) is 65.2 Å². The van der Waals surface area contributed by atoms with Crippen molar-refractivity contribution >= 4 is 17.6 Å². The zero-order chi connectivity index (χ0) is 25.3. The molecule has 0 aromatic heterocycles. The molecule has 2 aliphatic rings. The third kappa shape index (κ3) is 7.59. The first-order chi connectivity index (χ1) is 17.5. The molecular formula is C27H34N2O7. The summed E-state index contributed by atoms with van der Waals surface area (Å²) in [5.41, 5.74) is 3.38. The highest BCUT2D eigenvalue weighted by molar-refractivity contribution is 5.90. The van der Waals surface area contributed by atoms with E-state index >= 15 is 0 Å². The molecule has 0 aliphatic carbocycles. The number of anilines is 1. The predicted molar refractivity (Wildman–Crippen MR) is 132 cm³/mol. The molecule has 36 heavy (non-hydrogen) atoms. The number of aliphatic hydroxyl groups excluding tert-OH is 1. The second-order valence-corrected chi connectivity index (χ2v) is 9.18. The number of morpholine rings is 1. The Balaban J connectivity index is 1.43. The van der Waals surface area contributed by atoms with E-state index in [0.29, 0.717) is 12.1 Å². The second kappa shape index (κ2) is 12.9. The Morgan fingerprint density at radius 3 is 2.31 bits per heavy atom. The van der Waals surface area contributed by atoms with Crippen molar-refractivity contribution in [3.63, 3.8) is 0 Å². The largest absolute Gasteiger partial charge is 0.481 e. The van der Waals surface area contributed by atoms with Gasteiger partial charge < -0.3 is 29.7 Å². The van der Waals surface area contributed by atoms with Crippen LogP contribution < -0.4 is 5.32 Å². The maximum Gasteiger partial charge on any atom is 0.303 e. The van der Waals surface area contributed by atoms with Gasteiger partial charge in [0.2, 0.25) is 5.91 Å². The molecule has 2 aliphatic heterocycles. The van der Waals surface area contributed by atoms with Crippen LogP contribution in [0.1, 0.15) is 54.8 Å². The Bertz CT molecular complexity index is 990. The molecule has 2 aromatic carbocycles. The average Bonchev–Trinajstić information content (AvgIpc) is 2.89. The van der Waals surface area contributed by atoms with Crippen LogP contribution in [0.15, 0.2) is 48.5 Å². The van der Waals surface area contributed by atoms with Gasteiger partial charge in [0.25, 0.3) is 0 Å². The smallest absolute Gasteiger partial charge is 0.303 e. The Morgan fingerprint density at radius 2 is 1.64 bits per heavy atom. The van der Waals surface area contributed by atoms with Crippen LogP contribution in [0.5, 0.6) is 0 Å². The van der Waals surface area contributed by atoms with E-state index in [9.17, 15) is 14.7 Å². The Labute approximate surface area is 211 Å². The van der Waals surface area contributed by atoms with Crippen LogP contribution in [0.4, 0.5) is 5.69 Å². The molecule has 3 atom stereocenters. The first-order valence-corrected chi connectivity index (χ1v) is 12.4. The lowest BCUT2D eigenvalue weighted by Gasteiger charge is -2.39. The number of carboxylic acid groups (broad SMARTS) is 1. The number of aliphatic hydroxyl groups is 1. The van der Waals surface area contributed by atoms with Crippen LogP contribution in [0.3, 0.4) is 0 Å². The molecule has 194 valence electrons. The Kier molecular flexibility index (Phi) is 9.43. The number of nitrogens with zero attached hydrogens (tertiary/aromatic N) is 1. The minimum absolute atomic E-state index is 0.000355. The van der Waals surface area contributed by atoms with Gasteiger partial charge in [-0.05, 0) is 29.7 Å². The summed E-state index contributed by atoms with van der Waals surface area (Å²) in [4.78, 5) is 25.1. The van der Waals surface area contributed by atoms with Crippen LogP contribution in [0, 0.1) is 0 Å². The van der Waals surface area contributed by atoms with Crippen LogP contribution in [-0.2, 0) is 30.4 Å². The number of aliphatic carboxylic acids is 1. The fraction of sp³-hybridized carbons (Fsp3) is 0.481. The highest BCUT2D eigenvalue weighted by Gasteiger charge is 2.33. The van der Waals surface area contributed by atoms with Crippen molar-refractivity contribution in [1.82, 2.24) is 4.90 Å². The van der Waals surface area contributed by atoms with Gasteiger partial charge in [0.15, 0.2) is 6.29 Å². The van der Waals surface area contributed by atoms with Crippen LogP contribution >= 0.6 is 0 Å². The molecule has 2 aromatic rings. The van der Waals surface area contributed by atoms with E-state index in [1.165, 1.54) is 0 Å². The lowest BCUT2D eigenvalue weighted by atomic mass is 9.99. The van der Waals surface area contributed by atoms with Gasteiger partial charge >= 0.3 is 5.97 Å². The third-order valence-corrected chi connectivity index (χ3v) is 6.44. The average molecular weight is 499 g/mol. The maximum absolute atomic E-state index is 12.1. The van der Waals surface area contributed by atoms with Crippen molar-refractivity contribution in [2.75, 3.05) is 38.2 Å². The monoisotopic (exact) mass is 498 g/mol. The summed E-state index contributed by atoms with van der Waals surface area (Å²) in [7, 11) is 0. The van der Waals surface area contributed by atoms with Crippen molar-refractivity contribution in [2.45, 2.75) is 50.8 Å². The van der Waals surface area contributed by atoms with Gasteiger partial charge in [-0.15, -0.1) is 0 Å². The number of benzene rings is 2. The van der Waals surface area contributed by atoms with Crippen LogP contribution in [0.25, 0.3) is 0 Å². The molecule has 2 saturated heterocycles. The van der Waals surface area contributed by atoms with Gasteiger partial charge in [-0.2, -0.15) is 0 Å². The van der Waals surface area contributed by atoms with E-state index in [2.05, 4.69) is 10.2 Å². The number of carbonyl (C=O) groups excluding carboxylic acids is 1. The number of carboxylic acids is 1. The van der Waals surface area contributed by atoms with Crippen molar-refractivity contribution in [1.29, 1.82) is 0 Å². The molecule has 0 saturated carbocycles. The molecule has 0 radical (unpaired) electrons. The van der Waals surface area contributed by atoms with Crippen LogP contribution in [-0.4, -0.2) is 65.9 Å². The van der Waals surface area contributed by atoms with Gasteiger partial charge in [0.1, 0.15) is 0 Å². The fourth-order valence-electron chi connectivity index (χ4n) is 4.45. The summed E-state index contributed by atoms with van der Waals surface area (Å²) in [5, 5.41) is 20.9. The van der Waals surface area contributed by atoms with E-state index in [1.807, 2.05) is 36.4 Å². The molecule has 4 rings (SSSR count). The fourth-order valence-corrected chi connectivity index (χ4v) is 4.45. The summed E-state index contributed by atoms with van der Waals surface area (Å²) >= 11 is 0. The summed E-state index contributed by atoms with van der Waals surface area (Å²) < 4.78 is 18.2. The molecular weight excluding hydrogens is 464 g/mol. The molecule has 0 spiro atoms. The topological polar surface area (TPSA) is 118 Å². The molecule has 0 bridgehead atoms. The number of amides is 1. The van der Waals surface area contributed by atoms with E-state index in [-0.39, 0.29) is 37.6 Å². The van der Waals surface area contributed by atoms with Crippen molar-refractivity contribution in [2.24, 2.45) is 0 Å². The first-order valence-electron chi connectivity index (χ1n) is 12.4. The second-order valence-electron chi connectivity index (χ2n) is 9.18. The molecule has 1 amide bonds. The van der Waals surface area contributed by atoms with E-state index in [0.717, 1.165) is 56.0 Å². The van der Waals surface area contributed by atoms with Gasteiger partial charge in [-0.25, -0.2) is 0 Å². The normalized spacial score (nSPS) is 22.8. The Hall–Kier alpha value is -2.82. The highest BCUT2D eigenvalue weighted by Crippen LogP contribution is 2.38. The molecule has 3 unspecified atom stereocenters. The molecule has 2 fully saturated rings. The molecule has 9 nitrogen and oxygen atoms in total. The number of hydrogen-bond donors (Lipinski definition) is 3. The third-order valence-electron chi connectivity index (χ3n) is 6.44. The quantitative estimate of drug-likeness (QED) is 0.457. The van der Waals surface area contributed by atoms with Crippen molar-refractivity contribution in [3.8, 4) is 0 Å².